The summed E-state index contributed by atoms with van der Waals surface area (Å²) in [6, 6.07) is 0.755. The van der Waals surface area contributed by atoms with E-state index in [4.69, 9.17) is 0 Å². The van der Waals surface area contributed by atoms with Gasteiger partial charge in [-0.05, 0) is 69.0 Å². The zero-order valence-corrected chi connectivity index (χ0v) is 13.6. The third kappa shape index (κ3) is 3.05. The highest BCUT2D eigenvalue weighted by atomic mass is 15.3. The molecule has 0 radical (unpaired) electrons. The van der Waals surface area contributed by atoms with E-state index in [9.17, 15) is 0 Å². The first-order chi connectivity index (χ1) is 9.55. The van der Waals surface area contributed by atoms with Crippen molar-refractivity contribution in [3.63, 3.8) is 0 Å². The molecule has 3 saturated heterocycles. The number of rotatable bonds is 2. The van der Waals surface area contributed by atoms with E-state index < -0.39 is 0 Å². The number of nitrogens with one attached hydrogen (secondary N) is 2. The molecule has 3 fully saturated rings. The number of likely N-dealkylation sites (tertiary alicyclic amines) is 1. The summed E-state index contributed by atoms with van der Waals surface area (Å²) < 4.78 is 0. The van der Waals surface area contributed by atoms with Gasteiger partial charge >= 0.3 is 0 Å². The van der Waals surface area contributed by atoms with Crippen LogP contribution in [-0.4, -0.2) is 43.3 Å². The molecule has 0 aromatic rings. The van der Waals surface area contributed by atoms with Gasteiger partial charge in [-0.1, -0.05) is 20.8 Å². The van der Waals surface area contributed by atoms with E-state index in [1.165, 1.54) is 58.3 Å². The predicted octanol–water partition coefficient (Wildman–Crippen LogP) is 2.43. The molecule has 0 aromatic carbocycles. The number of hydrogen-bond donors (Lipinski definition) is 2. The second-order valence-electron chi connectivity index (χ2n) is 8.33. The van der Waals surface area contributed by atoms with Crippen molar-refractivity contribution in [1.29, 1.82) is 0 Å². The summed E-state index contributed by atoms with van der Waals surface area (Å²) in [6.07, 6.45) is 7.65. The van der Waals surface area contributed by atoms with Gasteiger partial charge in [0.1, 0.15) is 0 Å². The molecule has 2 N–H and O–H groups in total. The van der Waals surface area contributed by atoms with Crippen molar-refractivity contribution in [3.8, 4) is 0 Å². The highest BCUT2D eigenvalue weighted by Gasteiger charge is 2.46. The minimum atomic E-state index is 0.404. The maximum atomic E-state index is 3.83. The second kappa shape index (κ2) is 5.94. The van der Waals surface area contributed by atoms with Crippen molar-refractivity contribution in [2.45, 2.75) is 65.1 Å². The monoisotopic (exact) mass is 279 g/mol. The summed E-state index contributed by atoms with van der Waals surface area (Å²) in [7, 11) is 0. The third-order valence-electron chi connectivity index (χ3n) is 5.70. The molecule has 116 valence electrons. The molecule has 4 unspecified atom stereocenters. The number of nitrogens with zero attached hydrogens (tertiary/aromatic N) is 1. The zero-order chi connectivity index (χ0) is 14.2. The topological polar surface area (TPSA) is 27.3 Å². The molecule has 3 heterocycles. The van der Waals surface area contributed by atoms with Crippen molar-refractivity contribution in [2.24, 2.45) is 17.3 Å². The molecule has 0 bridgehead atoms. The zero-order valence-electron chi connectivity index (χ0n) is 13.6. The molecule has 20 heavy (non-hydrogen) atoms. The second-order valence-corrected chi connectivity index (χ2v) is 8.33. The van der Waals surface area contributed by atoms with E-state index in [2.05, 4.69) is 36.3 Å². The molecule has 3 aliphatic heterocycles. The standard InChI is InChI=1S/C17H33N3/c1-17(2,3)15-10-14-7-5-9-19-16(14)20(15)12-13-6-4-8-18-11-13/h13-16,18-19H,4-12H2,1-3H3. The fraction of sp³-hybridized carbons (Fsp3) is 1.00. The first-order valence-electron chi connectivity index (χ1n) is 8.75. The van der Waals surface area contributed by atoms with Gasteiger partial charge in [0.25, 0.3) is 0 Å². The van der Waals surface area contributed by atoms with Gasteiger partial charge < -0.3 is 10.6 Å². The lowest BCUT2D eigenvalue weighted by atomic mass is 9.82. The van der Waals surface area contributed by atoms with E-state index >= 15 is 0 Å². The van der Waals surface area contributed by atoms with E-state index in [1.807, 2.05) is 0 Å². The van der Waals surface area contributed by atoms with Gasteiger partial charge in [-0.25, -0.2) is 0 Å². The smallest absolute Gasteiger partial charge is 0.0629 e. The minimum Gasteiger partial charge on any atom is -0.316 e. The molecular formula is C17H33N3. The summed E-state index contributed by atoms with van der Waals surface area (Å²) in [5, 5.41) is 7.42. The molecule has 3 rings (SSSR count). The van der Waals surface area contributed by atoms with Gasteiger partial charge in [0.15, 0.2) is 0 Å². The third-order valence-corrected chi connectivity index (χ3v) is 5.70. The van der Waals surface area contributed by atoms with Crippen LogP contribution in [0.15, 0.2) is 0 Å². The fourth-order valence-electron chi connectivity index (χ4n) is 4.66. The predicted molar refractivity (Wildman–Crippen MR) is 84.7 cm³/mol. The molecule has 3 heteroatoms. The Bertz CT molecular complexity index is 317. The Balaban J connectivity index is 1.72. The Morgan fingerprint density at radius 1 is 1.10 bits per heavy atom. The molecule has 0 saturated carbocycles. The first kappa shape index (κ1) is 14.8. The largest absolute Gasteiger partial charge is 0.316 e. The lowest BCUT2D eigenvalue weighted by Crippen LogP contribution is -2.54. The van der Waals surface area contributed by atoms with Crippen LogP contribution in [-0.2, 0) is 0 Å². The van der Waals surface area contributed by atoms with Crippen LogP contribution in [0.1, 0.15) is 52.9 Å². The van der Waals surface area contributed by atoms with E-state index in [0.29, 0.717) is 11.6 Å². The highest BCUT2D eigenvalue weighted by Crippen LogP contribution is 2.42. The lowest BCUT2D eigenvalue weighted by molar-refractivity contribution is 0.0615. The maximum Gasteiger partial charge on any atom is 0.0629 e. The Hall–Kier alpha value is -0.120. The number of piperidine rings is 2. The van der Waals surface area contributed by atoms with Crippen LogP contribution in [0, 0.1) is 17.3 Å². The summed E-state index contributed by atoms with van der Waals surface area (Å²) in [5.41, 5.74) is 0.404. The van der Waals surface area contributed by atoms with Gasteiger partial charge in [-0.15, -0.1) is 0 Å². The van der Waals surface area contributed by atoms with Crippen LogP contribution in [0.25, 0.3) is 0 Å². The van der Waals surface area contributed by atoms with Crippen LogP contribution >= 0.6 is 0 Å². The SMILES string of the molecule is CC(C)(C)C1CC2CCCNC2N1CC1CCCNC1. The molecule has 0 aliphatic carbocycles. The van der Waals surface area contributed by atoms with Gasteiger partial charge in [0.2, 0.25) is 0 Å². The molecular weight excluding hydrogens is 246 g/mol. The molecule has 0 spiro atoms. The number of fused-ring (bicyclic) bond motifs is 1. The summed E-state index contributed by atoms with van der Waals surface area (Å²) in [5.74, 6) is 1.75. The molecule has 0 amide bonds. The van der Waals surface area contributed by atoms with Gasteiger partial charge in [-0.2, -0.15) is 0 Å². The van der Waals surface area contributed by atoms with Gasteiger partial charge in [0.05, 0.1) is 6.17 Å². The molecule has 3 nitrogen and oxygen atoms in total. The van der Waals surface area contributed by atoms with Crippen molar-refractivity contribution >= 4 is 0 Å². The van der Waals surface area contributed by atoms with E-state index in [0.717, 1.165) is 17.9 Å². The van der Waals surface area contributed by atoms with Crippen LogP contribution in [0.4, 0.5) is 0 Å². The average Bonchev–Trinajstić information content (AvgIpc) is 2.79. The fourth-order valence-corrected chi connectivity index (χ4v) is 4.66. The average molecular weight is 279 g/mol. The van der Waals surface area contributed by atoms with Crippen LogP contribution < -0.4 is 10.6 Å². The van der Waals surface area contributed by atoms with Gasteiger partial charge in [0, 0.05) is 12.6 Å². The maximum absolute atomic E-state index is 3.83. The Morgan fingerprint density at radius 3 is 2.60 bits per heavy atom. The van der Waals surface area contributed by atoms with Crippen LogP contribution in [0.5, 0.6) is 0 Å². The Labute approximate surface area is 124 Å². The van der Waals surface area contributed by atoms with Gasteiger partial charge in [-0.3, -0.25) is 4.90 Å². The normalized spacial score (nSPS) is 39.8. The van der Waals surface area contributed by atoms with E-state index in [-0.39, 0.29) is 0 Å². The van der Waals surface area contributed by atoms with Crippen molar-refractivity contribution in [1.82, 2.24) is 15.5 Å². The highest BCUT2D eigenvalue weighted by molar-refractivity contribution is 4.99. The Morgan fingerprint density at radius 2 is 1.90 bits per heavy atom. The quantitative estimate of drug-likeness (QED) is 0.813. The lowest BCUT2D eigenvalue weighted by Gasteiger charge is -2.41. The molecule has 4 atom stereocenters. The molecule has 3 aliphatic rings. The number of hydrogen-bond acceptors (Lipinski definition) is 3. The molecule has 0 aromatic heterocycles. The summed E-state index contributed by atoms with van der Waals surface area (Å²) in [6.45, 7) is 12.3. The van der Waals surface area contributed by atoms with Crippen molar-refractivity contribution in [3.05, 3.63) is 0 Å². The Kier molecular flexibility index (Phi) is 4.40. The minimum absolute atomic E-state index is 0.404. The van der Waals surface area contributed by atoms with E-state index in [1.54, 1.807) is 0 Å². The summed E-state index contributed by atoms with van der Waals surface area (Å²) in [4.78, 5) is 2.85. The van der Waals surface area contributed by atoms with Crippen LogP contribution in [0.3, 0.4) is 0 Å². The summed E-state index contributed by atoms with van der Waals surface area (Å²) >= 11 is 0. The van der Waals surface area contributed by atoms with Crippen molar-refractivity contribution in [2.75, 3.05) is 26.2 Å². The van der Waals surface area contributed by atoms with Crippen molar-refractivity contribution < 1.29 is 0 Å². The van der Waals surface area contributed by atoms with Crippen LogP contribution in [0.2, 0.25) is 0 Å². The first-order valence-corrected chi connectivity index (χ1v) is 8.75.